The summed E-state index contributed by atoms with van der Waals surface area (Å²) >= 11 is 5.52. The Morgan fingerprint density at radius 3 is 2.62 bits per heavy atom. The van der Waals surface area contributed by atoms with Crippen molar-refractivity contribution < 1.29 is 4.79 Å². The van der Waals surface area contributed by atoms with Gasteiger partial charge in [-0.3, -0.25) is 4.79 Å². The normalized spacial score (nSPS) is 10.2. The molecule has 1 amide bonds. The van der Waals surface area contributed by atoms with Crippen LogP contribution in [0.25, 0.3) is 0 Å². The van der Waals surface area contributed by atoms with Gasteiger partial charge in [-0.1, -0.05) is 18.2 Å². The minimum absolute atomic E-state index is 0.0580. The quantitative estimate of drug-likeness (QED) is 0.640. The molecule has 76 valence electrons. The average molecular weight is 205 g/mol. The fourth-order valence-electron chi connectivity index (χ4n) is 0.820. The second-order valence-corrected chi connectivity index (χ2v) is 3.70. The van der Waals surface area contributed by atoms with Crippen molar-refractivity contribution in [1.29, 1.82) is 0 Å². The molecule has 0 atom stereocenters. The zero-order chi connectivity index (χ0) is 10.3. The summed E-state index contributed by atoms with van der Waals surface area (Å²) in [5.74, 6) is 0.0580. The summed E-state index contributed by atoms with van der Waals surface area (Å²) in [6.45, 7) is 8.58. The Morgan fingerprint density at radius 2 is 2.15 bits per heavy atom. The van der Waals surface area contributed by atoms with Gasteiger partial charge in [0.25, 0.3) is 0 Å². The van der Waals surface area contributed by atoms with E-state index in [9.17, 15) is 4.79 Å². The molecule has 0 aromatic carbocycles. The van der Waals surface area contributed by atoms with Crippen LogP contribution in [0.2, 0.25) is 0 Å². The maximum atomic E-state index is 11.1. The lowest BCUT2D eigenvalue weighted by Gasteiger charge is -2.08. The molecule has 0 bridgehead atoms. The van der Waals surface area contributed by atoms with Crippen molar-refractivity contribution in [2.45, 2.75) is 26.3 Å². The van der Waals surface area contributed by atoms with Crippen LogP contribution in [0.15, 0.2) is 11.6 Å². The standard InChI is InChI=1S/C9H17ClN2O/c1-7(2)12-9(13)4-5-11-6-8(3)10/h7,11H,3-6H2,1-2H3,(H,12,13). The zero-order valence-corrected chi connectivity index (χ0v) is 8.95. The number of hydrogen-bond donors (Lipinski definition) is 2. The molecule has 4 heteroatoms. The van der Waals surface area contributed by atoms with Gasteiger partial charge in [0.15, 0.2) is 0 Å². The van der Waals surface area contributed by atoms with Gasteiger partial charge in [0.1, 0.15) is 0 Å². The molecule has 0 radical (unpaired) electrons. The van der Waals surface area contributed by atoms with E-state index in [1.807, 2.05) is 13.8 Å². The molecular weight excluding hydrogens is 188 g/mol. The first-order chi connectivity index (χ1) is 6.02. The number of carbonyl (C=O) groups excluding carboxylic acids is 1. The Kier molecular flexibility index (Phi) is 6.63. The van der Waals surface area contributed by atoms with E-state index in [0.717, 1.165) is 0 Å². The van der Waals surface area contributed by atoms with Crippen molar-refractivity contribution in [1.82, 2.24) is 10.6 Å². The van der Waals surface area contributed by atoms with Gasteiger partial charge in [0.2, 0.25) is 5.91 Å². The first-order valence-corrected chi connectivity index (χ1v) is 4.73. The Balaban J connectivity index is 3.32. The van der Waals surface area contributed by atoms with E-state index in [-0.39, 0.29) is 11.9 Å². The van der Waals surface area contributed by atoms with Gasteiger partial charge < -0.3 is 10.6 Å². The molecule has 0 aromatic rings. The lowest BCUT2D eigenvalue weighted by atomic mass is 10.3. The minimum atomic E-state index is 0.0580. The van der Waals surface area contributed by atoms with Crippen LogP contribution in [-0.4, -0.2) is 25.0 Å². The van der Waals surface area contributed by atoms with Gasteiger partial charge in [-0.05, 0) is 13.8 Å². The van der Waals surface area contributed by atoms with Gasteiger partial charge in [-0.15, -0.1) is 0 Å². The van der Waals surface area contributed by atoms with Crippen molar-refractivity contribution in [2.24, 2.45) is 0 Å². The number of halogens is 1. The van der Waals surface area contributed by atoms with Crippen molar-refractivity contribution >= 4 is 17.5 Å². The second kappa shape index (κ2) is 6.92. The molecule has 0 aromatic heterocycles. The number of nitrogens with one attached hydrogen (secondary N) is 2. The van der Waals surface area contributed by atoms with E-state index in [1.54, 1.807) is 0 Å². The number of hydrogen-bond acceptors (Lipinski definition) is 2. The Hall–Kier alpha value is -0.540. The molecule has 3 nitrogen and oxygen atoms in total. The summed E-state index contributed by atoms with van der Waals surface area (Å²) in [5.41, 5.74) is 0. The molecule has 0 heterocycles. The average Bonchev–Trinajstić information content (AvgIpc) is 1.96. The maximum Gasteiger partial charge on any atom is 0.221 e. The van der Waals surface area contributed by atoms with Crippen LogP contribution < -0.4 is 10.6 Å². The van der Waals surface area contributed by atoms with Gasteiger partial charge in [-0.2, -0.15) is 0 Å². The first-order valence-electron chi connectivity index (χ1n) is 4.35. The van der Waals surface area contributed by atoms with Crippen molar-refractivity contribution in [3.63, 3.8) is 0 Å². The molecule has 0 saturated carbocycles. The molecular formula is C9H17ClN2O. The van der Waals surface area contributed by atoms with Gasteiger partial charge in [0, 0.05) is 30.6 Å². The fourth-order valence-corrected chi connectivity index (χ4v) is 0.915. The SMILES string of the molecule is C=C(Cl)CNCCC(=O)NC(C)C. The summed E-state index contributed by atoms with van der Waals surface area (Å²) in [7, 11) is 0. The predicted molar refractivity (Wildman–Crippen MR) is 55.8 cm³/mol. The van der Waals surface area contributed by atoms with Gasteiger partial charge in [-0.25, -0.2) is 0 Å². The largest absolute Gasteiger partial charge is 0.354 e. The number of carbonyl (C=O) groups is 1. The van der Waals surface area contributed by atoms with Crippen LogP contribution in [0, 0.1) is 0 Å². The molecule has 0 aliphatic carbocycles. The zero-order valence-electron chi connectivity index (χ0n) is 8.19. The van der Waals surface area contributed by atoms with E-state index in [1.165, 1.54) is 0 Å². The van der Waals surface area contributed by atoms with Crippen molar-refractivity contribution in [2.75, 3.05) is 13.1 Å². The molecule has 0 unspecified atom stereocenters. The second-order valence-electron chi connectivity index (χ2n) is 3.17. The van der Waals surface area contributed by atoms with Crippen LogP contribution in [0.5, 0.6) is 0 Å². The van der Waals surface area contributed by atoms with Gasteiger partial charge in [0.05, 0.1) is 0 Å². The van der Waals surface area contributed by atoms with Crippen LogP contribution in [0.4, 0.5) is 0 Å². The van der Waals surface area contributed by atoms with Crippen LogP contribution >= 0.6 is 11.6 Å². The lowest BCUT2D eigenvalue weighted by molar-refractivity contribution is -0.121. The molecule has 0 aliphatic heterocycles. The Bertz CT molecular complexity index is 180. The fraction of sp³-hybridized carbons (Fsp3) is 0.667. The third-order valence-electron chi connectivity index (χ3n) is 1.30. The van der Waals surface area contributed by atoms with E-state index in [0.29, 0.717) is 24.5 Å². The highest BCUT2D eigenvalue weighted by atomic mass is 35.5. The highest BCUT2D eigenvalue weighted by molar-refractivity contribution is 6.29. The monoisotopic (exact) mass is 204 g/mol. The summed E-state index contributed by atoms with van der Waals surface area (Å²) in [4.78, 5) is 11.1. The van der Waals surface area contributed by atoms with E-state index in [2.05, 4.69) is 17.2 Å². The molecule has 13 heavy (non-hydrogen) atoms. The predicted octanol–water partition coefficient (Wildman–Crippen LogP) is 1.24. The summed E-state index contributed by atoms with van der Waals surface area (Å²) < 4.78 is 0. The maximum absolute atomic E-state index is 11.1. The highest BCUT2D eigenvalue weighted by Crippen LogP contribution is 1.92. The molecule has 2 N–H and O–H groups in total. The molecule has 0 rings (SSSR count). The van der Waals surface area contributed by atoms with Crippen molar-refractivity contribution in [3.05, 3.63) is 11.6 Å². The summed E-state index contributed by atoms with van der Waals surface area (Å²) in [6.07, 6.45) is 0.475. The lowest BCUT2D eigenvalue weighted by Crippen LogP contribution is -2.32. The summed E-state index contributed by atoms with van der Waals surface area (Å²) in [6, 6.07) is 0.204. The molecule has 0 saturated heterocycles. The third-order valence-corrected chi connectivity index (χ3v) is 1.43. The Labute approximate surface area is 84.5 Å². The smallest absolute Gasteiger partial charge is 0.221 e. The highest BCUT2D eigenvalue weighted by Gasteiger charge is 2.01. The van der Waals surface area contributed by atoms with Crippen LogP contribution in [0.1, 0.15) is 20.3 Å². The van der Waals surface area contributed by atoms with Crippen molar-refractivity contribution in [3.8, 4) is 0 Å². The van der Waals surface area contributed by atoms with Gasteiger partial charge >= 0.3 is 0 Å². The topological polar surface area (TPSA) is 41.1 Å². The molecule has 0 spiro atoms. The number of amides is 1. The molecule has 0 aliphatic rings. The molecule has 0 fully saturated rings. The summed E-state index contributed by atoms with van der Waals surface area (Å²) in [5, 5.41) is 6.35. The first kappa shape index (κ1) is 12.5. The van der Waals surface area contributed by atoms with E-state index in [4.69, 9.17) is 11.6 Å². The number of rotatable bonds is 6. The van der Waals surface area contributed by atoms with E-state index >= 15 is 0 Å². The minimum Gasteiger partial charge on any atom is -0.354 e. The Morgan fingerprint density at radius 1 is 1.54 bits per heavy atom. The van der Waals surface area contributed by atoms with Crippen LogP contribution in [-0.2, 0) is 4.79 Å². The van der Waals surface area contributed by atoms with E-state index < -0.39 is 0 Å². The van der Waals surface area contributed by atoms with Crippen LogP contribution in [0.3, 0.4) is 0 Å². The third kappa shape index (κ3) is 9.37.